The highest BCUT2D eigenvalue weighted by molar-refractivity contribution is 5.66. The Balaban J connectivity index is 2.08. The molecule has 1 aliphatic heterocycles. The highest BCUT2D eigenvalue weighted by Crippen LogP contribution is 2.14. The van der Waals surface area contributed by atoms with Crippen LogP contribution in [0.2, 0.25) is 0 Å². The molecular weight excluding hydrogens is 168 g/mol. The summed E-state index contributed by atoms with van der Waals surface area (Å²) in [6.07, 6.45) is 2.21. The van der Waals surface area contributed by atoms with Gasteiger partial charge in [-0.1, -0.05) is 0 Å². The quantitative estimate of drug-likeness (QED) is 0.709. The smallest absolute Gasteiger partial charge is 0.406 e. The van der Waals surface area contributed by atoms with Crippen LogP contribution in [0.15, 0.2) is 0 Å². The molecule has 0 aromatic heterocycles. The zero-order chi connectivity index (χ0) is 9.68. The Morgan fingerprint density at radius 3 is 3.00 bits per heavy atom. The van der Waals surface area contributed by atoms with Gasteiger partial charge in [0.15, 0.2) is 0 Å². The maximum absolute atomic E-state index is 10.7. The number of methoxy groups -OCH3 is 1. The van der Waals surface area contributed by atoms with Gasteiger partial charge in [-0.05, 0) is 26.3 Å². The first-order valence-electron chi connectivity index (χ1n) is 4.80. The Labute approximate surface area is 79.2 Å². The molecule has 0 bridgehead atoms. The highest BCUT2D eigenvalue weighted by atomic mass is 16.5. The molecule has 1 unspecified atom stereocenters. The minimum atomic E-state index is -0.341. The van der Waals surface area contributed by atoms with Crippen molar-refractivity contribution in [2.24, 2.45) is 0 Å². The van der Waals surface area contributed by atoms with Crippen LogP contribution in [0.4, 0.5) is 4.79 Å². The average molecular weight is 186 g/mol. The van der Waals surface area contributed by atoms with Crippen molar-refractivity contribution in [2.45, 2.75) is 25.8 Å². The van der Waals surface area contributed by atoms with Crippen LogP contribution in [-0.4, -0.2) is 43.8 Å². The summed E-state index contributed by atoms with van der Waals surface area (Å²) in [5, 5.41) is 2.68. The fraction of sp³-hybridized carbons (Fsp3) is 0.889. The number of amides is 1. The van der Waals surface area contributed by atoms with E-state index in [0.717, 1.165) is 13.1 Å². The van der Waals surface area contributed by atoms with Crippen molar-refractivity contribution in [2.75, 3.05) is 26.7 Å². The topological polar surface area (TPSA) is 41.6 Å². The van der Waals surface area contributed by atoms with Gasteiger partial charge in [0.05, 0.1) is 7.11 Å². The van der Waals surface area contributed by atoms with Crippen LogP contribution in [0.5, 0.6) is 0 Å². The number of carbonyl (C=O) groups is 1. The Bertz CT molecular complexity index is 173. The number of rotatable bonds is 3. The molecule has 1 fully saturated rings. The third-order valence-corrected chi connectivity index (χ3v) is 2.54. The van der Waals surface area contributed by atoms with Gasteiger partial charge in [-0.15, -0.1) is 0 Å². The van der Waals surface area contributed by atoms with E-state index in [-0.39, 0.29) is 6.09 Å². The average Bonchev–Trinajstić information content (AvgIpc) is 2.52. The Hall–Kier alpha value is -0.770. The summed E-state index contributed by atoms with van der Waals surface area (Å²) in [5.41, 5.74) is 0. The van der Waals surface area contributed by atoms with Crippen LogP contribution >= 0.6 is 0 Å². The van der Waals surface area contributed by atoms with Crippen molar-refractivity contribution in [1.82, 2.24) is 10.2 Å². The predicted molar refractivity (Wildman–Crippen MR) is 50.7 cm³/mol. The molecule has 1 saturated heterocycles. The maximum Gasteiger partial charge on any atom is 0.406 e. The Morgan fingerprint density at radius 1 is 1.69 bits per heavy atom. The van der Waals surface area contributed by atoms with E-state index in [1.54, 1.807) is 0 Å². The maximum atomic E-state index is 10.7. The Morgan fingerprint density at radius 2 is 2.46 bits per heavy atom. The second-order valence-electron chi connectivity index (χ2n) is 3.45. The molecule has 76 valence electrons. The summed E-state index contributed by atoms with van der Waals surface area (Å²) >= 11 is 0. The summed E-state index contributed by atoms with van der Waals surface area (Å²) < 4.78 is 4.47. The van der Waals surface area contributed by atoms with Gasteiger partial charge < -0.3 is 10.1 Å². The first-order valence-corrected chi connectivity index (χ1v) is 4.80. The lowest BCUT2D eigenvalue weighted by Gasteiger charge is -2.20. The molecule has 4 heteroatoms. The molecule has 1 amide bonds. The molecule has 0 aromatic carbocycles. The molecule has 0 saturated carbocycles. The number of ether oxygens (including phenoxy) is 1. The number of likely N-dealkylation sites (tertiary alicyclic amines) is 1. The van der Waals surface area contributed by atoms with E-state index in [2.05, 4.69) is 21.9 Å². The second kappa shape index (κ2) is 5.07. The van der Waals surface area contributed by atoms with Gasteiger partial charge in [-0.2, -0.15) is 0 Å². The third kappa shape index (κ3) is 3.22. The van der Waals surface area contributed by atoms with E-state index in [4.69, 9.17) is 0 Å². The van der Waals surface area contributed by atoms with Crippen molar-refractivity contribution >= 4 is 6.09 Å². The second-order valence-corrected chi connectivity index (χ2v) is 3.45. The van der Waals surface area contributed by atoms with Crippen molar-refractivity contribution in [3.05, 3.63) is 0 Å². The van der Waals surface area contributed by atoms with Crippen LogP contribution in [0.1, 0.15) is 19.8 Å². The third-order valence-electron chi connectivity index (χ3n) is 2.54. The van der Waals surface area contributed by atoms with Gasteiger partial charge in [-0.3, -0.25) is 4.90 Å². The van der Waals surface area contributed by atoms with E-state index >= 15 is 0 Å². The van der Waals surface area contributed by atoms with Gasteiger partial charge in [0.2, 0.25) is 0 Å². The van der Waals surface area contributed by atoms with Gasteiger partial charge in [0.25, 0.3) is 0 Å². The van der Waals surface area contributed by atoms with Gasteiger partial charge in [0, 0.05) is 19.1 Å². The molecular formula is C9H18N2O2. The molecule has 0 spiro atoms. The summed E-state index contributed by atoms with van der Waals surface area (Å²) in [7, 11) is 1.38. The lowest BCUT2D eigenvalue weighted by atomic mass is 10.2. The number of hydrogen-bond acceptors (Lipinski definition) is 3. The van der Waals surface area contributed by atoms with Gasteiger partial charge in [0.1, 0.15) is 0 Å². The van der Waals surface area contributed by atoms with Crippen molar-refractivity contribution in [3.63, 3.8) is 0 Å². The van der Waals surface area contributed by atoms with Gasteiger partial charge >= 0.3 is 6.09 Å². The van der Waals surface area contributed by atoms with Crippen molar-refractivity contribution in [3.8, 4) is 0 Å². The van der Waals surface area contributed by atoms with Crippen LogP contribution in [0.3, 0.4) is 0 Å². The molecule has 13 heavy (non-hydrogen) atoms. The minimum absolute atomic E-state index is 0.341. The molecule has 1 aliphatic rings. The fourth-order valence-corrected chi connectivity index (χ4v) is 1.70. The molecule has 1 atom stereocenters. The first-order chi connectivity index (χ1) is 6.24. The number of carbonyl (C=O) groups excluding carboxylic acids is 1. The van der Waals surface area contributed by atoms with E-state index in [0.29, 0.717) is 12.6 Å². The number of nitrogens with zero attached hydrogens (tertiary/aromatic N) is 1. The molecule has 0 radical (unpaired) electrons. The van der Waals surface area contributed by atoms with Crippen LogP contribution in [0, 0.1) is 0 Å². The largest absolute Gasteiger partial charge is 0.453 e. The first kappa shape index (κ1) is 10.3. The minimum Gasteiger partial charge on any atom is -0.453 e. The molecule has 0 aromatic rings. The van der Waals surface area contributed by atoms with E-state index in [9.17, 15) is 4.79 Å². The van der Waals surface area contributed by atoms with Crippen molar-refractivity contribution < 1.29 is 9.53 Å². The predicted octanol–water partition coefficient (Wildman–Crippen LogP) is 0.827. The van der Waals surface area contributed by atoms with Crippen molar-refractivity contribution in [1.29, 1.82) is 0 Å². The fourth-order valence-electron chi connectivity index (χ4n) is 1.70. The molecule has 1 heterocycles. The Kier molecular flexibility index (Phi) is 4.02. The summed E-state index contributed by atoms with van der Waals surface area (Å²) in [6, 6.07) is 0.666. The molecule has 1 N–H and O–H groups in total. The van der Waals surface area contributed by atoms with E-state index in [1.807, 2.05) is 0 Å². The normalized spacial score (nSPS) is 23.1. The summed E-state index contributed by atoms with van der Waals surface area (Å²) in [4.78, 5) is 13.1. The summed E-state index contributed by atoms with van der Waals surface area (Å²) in [5.74, 6) is 0. The SMILES string of the molecule is COC(=O)NCCN1CCCC1C. The van der Waals surface area contributed by atoms with E-state index in [1.165, 1.54) is 20.0 Å². The zero-order valence-corrected chi connectivity index (χ0v) is 8.38. The lowest BCUT2D eigenvalue weighted by Crippen LogP contribution is -2.36. The van der Waals surface area contributed by atoms with E-state index < -0.39 is 0 Å². The number of alkyl carbamates (subject to hydrolysis) is 1. The lowest BCUT2D eigenvalue weighted by molar-refractivity contribution is 0.168. The molecule has 4 nitrogen and oxygen atoms in total. The highest BCUT2D eigenvalue weighted by Gasteiger charge is 2.19. The molecule has 1 rings (SSSR count). The number of nitrogens with one attached hydrogen (secondary N) is 1. The van der Waals surface area contributed by atoms with Crippen LogP contribution in [-0.2, 0) is 4.74 Å². The standard InChI is InChI=1S/C9H18N2O2/c1-8-4-3-6-11(8)7-5-10-9(12)13-2/h8H,3-7H2,1-2H3,(H,10,12). The monoisotopic (exact) mass is 186 g/mol. The summed E-state index contributed by atoms with van der Waals surface area (Å²) in [6.45, 7) is 4.99. The van der Waals surface area contributed by atoms with Crippen LogP contribution < -0.4 is 5.32 Å². The van der Waals surface area contributed by atoms with Gasteiger partial charge in [-0.25, -0.2) is 4.79 Å². The number of hydrogen-bond donors (Lipinski definition) is 1. The van der Waals surface area contributed by atoms with Crippen LogP contribution in [0.25, 0.3) is 0 Å². The zero-order valence-electron chi connectivity index (χ0n) is 8.38. The molecule has 0 aliphatic carbocycles.